The molecule has 0 aliphatic heterocycles. The van der Waals surface area contributed by atoms with E-state index in [1.807, 2.05) is 0 Å². The number of hydrogen-bond acceptors (Lipinski definition) is 0. The molecular formula is C66H136N+. The second-order valence-corrected chi connectivity index (χ2v) is 23.3. The fourth-order valence-electron chi connectivity index (χ4n) is 11.6. The van der Waals surface area contributed by atoms with E-state index in [-0.39, 0.29) is 0 Å². The summed E-state index contributed by atoms with van der Waals surface area (Å²) in [6.07, 6.45) is 85.7. The predicted octanol–water partition coefficient (Wildman–Crippen LogP) is 24.5. The summed E-state index contributed by atoms with van der Waals surface area (Å²) in [5, 5.41) is 0. The zero-order valence-electron chi connectivity index (χ0n) is 48.3. The average Bonchev–Trinajstić information content (AvgIpc) is 3.34. The molecule has 0 aliphatic carbocycles. The van der Waals surface area contributed by atoms with Gasteiger partial charge in [-0.2, -0.15) is 0 Å². The van der Waals surface area contributed by atoms with Gasteiger partial charge in [-0.05, 0) is 51.4 Å². The first-order valence-electron chi connectivity index (χ1n) is 33.1. The van der Waals surface area contributed by atoms with Crippen LogP contribution in [0.25, 0.3) is 0 Å². The van der Waals surface area contributed by atoms with Crippen molar-refractivity contribution in [3.63, 3.8) is 0 Å². The van der Waals surface area contributed by atoms with Gasteiger partial charge in [0.25, 0.3) is 0 Å². The molecule has 0 aromatic heterocycles. The molecule has 0 bridgehead atoms. The normalized spacial score (nSPS) is 12.0. The van der Waals surface area contributed by atoms with E-state index in [0.29, 0.717) is 0 Å². The smallest absolute Gasteiger partial charge is 0.0786 e. The van der Waals surface area contributed by atoms with E-state index in [0.717, 1.165) is 0 Å². The lowest BCUT2D eigenvalue weighted by atomic mass is 10.0. The van der Waals surface area contributed by atoms with Crippen molar-refractivity contribution in [3.05, 3.63) is 0 Å². The van der Waals surface area contributed by atoms with Gasteiger partial charge in [0.1, 0.15) is 0 Å². The molecule has 67 heavy (non-hydrogen) atoms. The van der Waals surface area contributed by atoms with Gasteiger partial charge in [0.05, 0.1) is 26.2 Å². The number of quaternary nitrogens is 1. The predicted molar refractivity (Wildman–Crippen MR) is 310 cm³/mol. The molecule has 0 saturated carbocycles. The number of rotatable bonds is 62. The molecule has 0 amide bonds. The molecule has 0 aromatic carbocycles. The summed E-state index contributed by atoms with van der Waals surface area (Å²) in [7, 11) is 0. The lowest BCUT2D eigenvalue weighted by Crippen LogP contribution is -2.50. The Kier molecular flexibility index (Phi) is 60.2. The fraction of sp³-hybridized carbons (Fsp3) is 1.00. The quantitative estimate of drug-likeness (QED) is 0.0421. The maximum absolute atomic E-state index is 2.33. The Labute approximate surface area is 428 Å². The van der Waals surface area contributed by atoms with Crippen molar-refractivity contribution in [3.8, 4) is 0 Å². The summed E-state index contributed by atoms with van der Waals surface area (Å²) >= 11 is 0. The fourth-order valence-corrected chi connectivity index (χ4v) is 11.6. The second-order valence-electron chi connectivity index (χ2n) is 23.3. The van der Waals surface area contributed by atoms with Crippen molar-refractivity contribution in [2.45, 2.75) is 400 Å². The van der Waals surface area contributed by atoms with E-state index in [4.69, 9.17) is 0 Å². The van der Waals surface area contributed by atoms with Crippen LogP contribution in [0.5, 0.6) is 0 Å². The van der Waals surface area contributed by atoms with E-state index in [1.54, 1.807) is 0 Å². The van der Waals surface area contributed by atoms with Crippen molar-refractivity contribution < 1.29 is 4.48 Å². The lowest BCUT2D eigenvalue weighted by molar-refractivity contribution is -0.929. The molecule has 1 nitrogen and oxygen atoms in total. The Morgan fingerprint density at radius 3 is 0.313 bits per heavy atom. The van der Waals surface area contributed by atoms with E-state index in [2.05, 4.69) is 27.7 Å². The maximum atomic E-state index is 2.33. The van der Waals surface area contributed by atoms with Crippen LogP contribution in [0.2, 0.25) is 0 Å². The third-order valence-electron chi connectivity index (χ3n) is 16.4. The monoisotopic (exact) mass is 943 g/mol. The minimum atomic E-state index is 1.37. The maximum Gasteiger partial charge on any atom is 0.0786 e. The van der Waals surface area contributed by atoms with Crippen LogP contribution >= 0.6 is 0 Å². The Balaban J connectivity index is 4.93. The van der Waals surface area contributed by atoms with Crippen LogP contribution in [0, 0.1) is 0 Å². The van der Waals surface area contributed by atoms with E-state index < -0.39 is 0 Å². The van der Waals surface area contributed by atoms with Crippen molar-refractivity contribution in [1.29, 1.82) is 0 Å². The van der Waals surface area contributed by atoms with Gasteiger partial charge in [-0.25, -0.2) is 0 Å². The number of nitrogens with zero attached hydrogens (tertiary/aromatic N) is 1. The zero-order chi connectivity index (χ0) is 48.3. The zero-order valence-corrected chi connectivity index (χ0v) is 48.3. The summed E-state index contributed by atoms with van der Waals surface area (Å²) in [5.41, 5.74) is 0. The van der Waals surface area contributed by atoms with Gasteiger partial charge in [0.2, 0.25) is 0 Å². The van der Waals surface area contributed by atoms with Crippen LogP contribution in [0.15, 0.2) is 0 Å². The first-order chi connectivity index (χ1) is 33.2. The van der Waals surface area contributed by atoms with E-state index in [9.17, 15) is 0 Å². The standard InChI is InChI=1S/C66H136N/c1-5-9-13-17-21-25-29-33-37-38-42-46-50-54-58-62-66-67(63-59-55-51-47-43-39-34-30-26-22-18-14-10-6-2,64-60-56-52-48-44-40-35-31-27-23-19-15-11-7-3)65-61-57-53-49-45-41-36-32-28-24-20-16-12-8-4/h5-66H2,1-4H3/q+1. The van der Waals surface area contributed by atoms with Crippen molar-refractivity contribution in [2.75, 3.05) is 26.2 Å². The van der Waals surface area contributed by atoms with Crippen LogP contribution in [-0.4, -0.2) is 30.7 Å². The summed E-state index contributed by atoms with van der Waals surface area (Å²) in [6, 6.07) is 0. The minimum absolute atomic E-state index is 1.37. The van der Waals surface area contributed by atoms with Crippen molar-refractivity contribution >= 4 is 0 Å². The highest BCUT2D eigenvalue weighted by Crippen LogP contribution is 2.23. The molecular weight excluding hydrogens is 807 g/mol. The van der Waals surface area contributed by atoms with E-state index >= 15 is 0 Å². The van der Waals surface area contributed by atoms with Gasteiger partial charge in [-0.3, -0.25) is 0 Å². The highest BCUT2D eigenvalue weighted by Gasteiger charge is 2.26. The van der Waals surface area contributed by atoms with Gasteiger partial charge in [0, 0.05) is 0 Å². The van der Waals surface area contributed by atoms with Crippen LogP contribution in [0.4, 0.5) is 0 Å². The molecule has 404 valence electrons. The molecule has 0 unspecified atom stereocenters. The molecule has 0 aromatic rings. The Morgan fingerprint density at radius 2 is 0.209 bits per heavy atom. The van der Waals surface area contributed by atoms with Crippen LogP contribution < -0.4 is 0 Å². The van der Waals surface area contributed by atoms with Gasteiger partial charge >= 0.3 is 0 Å². The summed E-state index contributed by atoms with van der Waals surface area (Å²) in [5.74, 6) is 0. The molecule has 0 fully saturated rings. The highest BCUT2D eigenvalue weighted by atomic mass is 15.3. The van der Waals surface area contributed by atoms with Crippen LogP contribution in [-0.2, 0) is 0 Å². The van der Waals surface area contributed by atoms with Gasteiger partial charge < -0.3 is 4.48 Å². The molecule has 0 spiro atoms. The number of unbranched alkanes of at least 4 members (excludes halogenated alkanes) is 54. The molecule has 0 aliphatic rings. The SMILES string of the molecule is CCCCCCCCCCCCCCCCCC[N+](CCCCCCCCCCCCCCCC)(CCCCCCCCCCCCCCCC)CCCCCCCCCCCCCCCC. The summed E-state index contributed by atoms with van der Waals surface area (Å²) < 4.78 is 1.49. The topological polar surface area (TPSA) is 0 Å². The summed E-state index contributed by atoms with van der Waals surface area (Å²) in [6.45, 7) is 15.3. The molecule has 1 heteroatoms. The first-order valence-corrected chi connectivity index (χ1v) is 33.1. The molecule has 0 radical (unpaired) electrons. The molecule has 0 N–H and O–H groups in total. The minimum Gasteiger partial charge on any atom is -0.324 e. The molecule has 0 rings (SSSR count). The van der Waals surface area contributed by atoms with Crippen molar-refractivity contribution in [2.24, 2.45) is 0 Å². The van der Waals surface area contributed by atoms with Gasteiger partial charge in [-0.1, -0.05) is 349 Å². The molecule has 0 atom stereocenters. The van der Waals surface area contributed by atoms with E-state index in [1.165, 1.54) is 403 Å². The van der Waals surface area contributed by atoms with Gasteiger partial charge in [-0.15, -0.1) is 0 Å². The third-order valence-corrected chi connectivity index (χ3v) is 16.4. The Hall–Kier alpha value is -0.0400. The first kappa shape index (κ1) is 67.0. The highest BCUT2D eigenvalue weighted by molar-refractivity contribution is 4.58. The molecule has 0 saturated heterocycles. The molecule has 0 heterocycles. The largest absolute Gasteiger partial charge is 0.324 e. The Morgan fingerprint density at radius 1 is 0.119 bits per heavy atom. The number of hydrogen-bond donors (Lipinski definition) is 0. The lowest BCUT2D eigenvalue weighted by Gasteiger charge is -2.40. The van der Waals surface area contributed by atoms with Crippen molar-refractivity contribution in [1.82, 2.24) is 0 Å². The second kappa shape index (κ2) is 60.3. The average molecular weight is 944 g/mol. The summed E-state index contributed by atoms with van der Waals surface area (Å²) in [4.78, 5) is 0. The van der Waals surface area contributed by atoms with Crippen LogP contribution in [0.1, 0.15) is 400 Å². The Bertz CT molecular complexity index is 755. The van der Waals surface area contributed by atoms with Gasteiger partial charge in [0.15, 0.2) is 0 Å². The van der Waals surface area contributed by atoms with Crippen LogP contribution in [0.3, 0.4) is 0 Å². The third kappa shape index (κ3) is 55.1.